The highest BCUT2D eigenvalue weighted by molar-refractivity contribution is 5.97. The van der Waals surface area contributed by atoms with Crippen LogP contribution in [0.15, 0.2) is 42.5 Å². The Kier molecular flexibility index (Phi) is 4.24. The molecule has 0 saturated carbocycles. The number of rotatable bonds is 3. The van der Waals surface area contributed by atoms with E-state index in [0.717, 1.165) is 23.3 Å². The van der Waals surface area contributed by atoms with Gasteiger partial charge in [-0.15, -0.1) is 0 Å². The zero-order chi connectivity index (χ0) is 18.1. The Hall–Kier alpha value is -3.02. The minimum absolute atomic E-state index is 0.0569. The largest absolute Gasteiger partial charge is 0.497 e. The smallest absolute Gasteiger partial charge is 0.318 e. The van der Waals surface area contributed by atoms with Crippen LogP contribution in [0.3, 0.4) is 0 Å². The molecule has 4 rings (SSSR count). The molecule has 2 aliphatic heterocycles. The first kappa shape index (κ1) is 16.4. The Labute approximate surface area is 152 Å². The molecule has 6 nitrogen and oxygen atoms in total. The second-order valence-corrected chi connectivity index (χ2v) is 6.55. The Morgan fingerprint density at radius 1 is 1.27 bits per heavy atom. The van der Waals surface area contributed by atoms with E-state index in [4.69, 9.17) is 4.74 Å². The van der Waals surface area contributed by atoms with E-state index in [-0.39, 0.29) is 18.0 Å². The highest BCUT2D eigenvalue weighted by Gasteiger charge is 2.36. The van der Waals surface area contributed by atoms with E-state index in [2.05, 4.69) is 16.7 Å². The Balaban J connectivity index is 1.49. The van der Waals surface area contributed by atoms with Gasteiger partial charge < -0.3 is 20.3 Å². The molecule has 0 radical (unpaired) electrons. The second-order valence-electron chi connectivity index (χ2n) is 6.55. The van der Waals surface area contributed by atoms with Gasteiger partial charge in [-0.1, -0.05) is 24.3 Å². The number of ether oxygens (including phenoxy) is 1. The summed E-state index contributed by atoms with van der Waals surface area (Å²) in [5.74, 6) is 0.733. The lowest BCUT2D eigenvalue weighted by molar-refractivity contribution is 0.0907. The van der Waals surface area contributed by atoms with Crippen LogP contribution in [0.5, 0.6) is 5.75 Å². The zero-order valence-corrected chi connectivity index (χ0v) is 14.6. The number of carbonyl (C=O) groups excluding carboxylic acids is 2. The maximum Gasteiger partial charge on any atom is 0.318 e. The van der Waals surface area contributed by atoms with Crippen LogP contribution in [0.2, 0.25) is 0 Å². The normalized spacial score (nSPS) is 18.0. The molecule has 134 valence electrons. The van der Waals surface area contributed by atoms with E-state index in [0.29, 0.717) is 25.2 Å². The van der Waals surface area contributed by atoms with Crippen molar-refractivity contribution < 1.29 is 14.3 Å². The van der Waals surface area contributed by atoms with Gasteiger partial charge in [0.15, 0.2) is 0 Å². The SMILES string of the molecule is COc1ccc(CNC(=O)N2CCc3cccc4c3C2CNC4=O)cc1. The Morgan fingerprint density at radius 2 is 2.08 bits per heavy atom. The minimum Gasteiger partial charge on any atom is -0.497 e. The standard InChI is InChI=1S/C20H21N3O3/c1-26-15-7-5-13(6-8-15)11-22-20(25)23-10-9-14-3-2-4-16-18(14)17(23)12-21-19(16)24/h2-8,17H,9-12H2,1H3,(H,21,24)(H,22,25). The molecule has 6 heteroatoms. The maximum absolute atomic E-state index is 12.8. The van der Waals surface area contributed by atoms with Crippen molar-refractivity contribution in [2.24, 2.45) is 0 Å². The van der Waals surface area contributed by atoms with Gasteiger partial charge in [0.25, 0.3) is 5.91 Å². The van der Waals surface area contributed by atoms with E-state index < -0.39 is 0 Å². The summed E-state index contributed by atoms with van der Waals surface area (Å²) < 4.78 is 5.15. The number of methoxy groups -OCH3 is 1. The van der Waals surface area contributed by atoms with Gasteiger partial charge in [0.1, 0.15) is 5.75 Å². The number of hydrogen-bond acceptors (Lipinski definition) is 3. The number of carbonyl (C=O) groups is 2. The molecule has 0 bridgehead atoms. The average Bonchev–Trinajstić information content (AvgIpc) is 2.69. The van der Waals surface area contributed by atoms with Crippen molar-refractivity contribution in [3.05, 3.63) is 64.7 Å². The van der Waals surface area contributed by atoms with E-state index in [1.165, 1.54) is 5.56 Å². The van der Waals surface area contributed by atoms with Crippen LogP contribution in [-0.4, -0.2) is 37.0 Å². The van der Waals surface area contributed by atoms with Crippen molar-refractivity contribution in [3.8, 4) is 5.75 Å². The third-order valence-corrected chi connectivity index (χ3v) is 5.09. The van der Waals surface area contributed by atoms with Crippen molar-refractivity contribution in [3.63, 3.8) is 0 Å². The second kappa shape index (κ2) is 6.71. The third-order valence-electron chi connectivity index (χ3n) is 5.09. The monoisotopic (exact) mass is 351 g/mol. The topological polar surface area (TPSA) is 70.7 Å². The summed E-state index contributed by atoms with van der Waals surface area (Å²) in [5, 5.41) is 5.89. The zero-order valence-electron chi connectivity index (χ0n) is 14.6. The first-order valence-electron chi connectivity index (χ1n) is 8.75. The number of urea groups is 1. The first-order valence-corrected chi connectivity index (χ1v) is 8.75. The molecule has 2 aliphatic rings. The van der Waals surface area contributed by atoms with Gasteiger partial charge in [-0.2, -0.15) is 0 Å². The molecule has 0 saturated heterocycles. The van der Waals surface area contributed by atoms with Gasteiger partial charge in [-0.05, 0) is 41.3 Å². The molecular formula is C20H21N3O3. The Morgan fingerprint density at radius 3 is 2.85 bits per heavy atom. The summed E-state index contributed by atoms with van der Waals surface area (Å²) in [6.45, 7) is 1.55. The van der Waals surface area contributed by atoms with Gasteiger partial charge in [0.05, 0.1) is 13.2 Å². The minimum atomic E-state index is -0.109. The van der Waals surface area contributed by atoms with E-state index in [1.807, 2.05) is 41.3 Å². The summed E-state index contributed by atoms with van der Waals surface area (Å²) in [5.41, 5.74) is 3.87. The number of nitrogens with zero attached hydrogens (tertiary/aromatic N) is 1. The van der Waals surface area contributed by atoms with Crippen LogP contribution < -0.4 is 15.4 Å². The van der Waals surface area contributed by atoms with Crippen LogP contribution in [0, 0.1) is 0 Å². The number of amides is 3. The molecule has 0 spiro atoms. The maximum atomic E-state index is 12.8. The third kappa shape index (κ3) is 2.87. The fraction of sp³-hybridized carbons (Fsp3) is 0.300. The average molecular weight is 351 g/mol. The summed E-state index contributed by atoms with van der Waals surface area (Å²) in [4.78, 5) is 26.7. The molecule has 1 atom stereocenters. The van der Waals surface area contributed by atoms with Crippen LogP contribution in [-0.2, 0) is 13.0 Å². The molecule has 0 aliphatic carbocycles. The van der Waals surface area contributed by atoms with Crippen molar-refractivity contribution in [1.82, 2.24) is 15.5 Å². The first-order chi connectivity index (χ1) is 12.7. The molecule has 1 unspecified atom stereocenters. The van der Waals surface area contributed by atoms with Gasteiger partial charge in [-0.3, -0.25) is 4.79 Å². The van der Waals surface area contributed by atoms with Gasteiger partial charge >= 0.3 is 6.03 Å². The predicted octanol–water partition coefficient (Wildman–Crippen LogP) is 2.25. The van der Waals surface area contributed by atoms with Crippen LogP contribution >= 0.6 is 0 Å². The lowest BCUT2D eigenvalue weighted by atomic mass is 9.86. The highest BCUT2D eigenvalue weighted by Crippen LogP contribution is 2.34. The molecule has 0 fully saturated rings. The molecule has 2 N–H and O–H groups in total. The number of nitrogens with one attached hydrogen (secondary N) is 2. The molecule has 2 heterocycles. The fourth-order valence-corrected chi connectivity index (χ4v) is 3.74. The van der Waals surface area contributed by atoms with Gasteiger partial charge in [0.2, 0.25) is 0 Å². The van der Waals surface area contributed by atoms with Gasteiger partial charge in [-0.25, -0.2) is 4.79 Å². The predicted molar refractivity (Wildman–Crippen MR) is 97.2 cm³/mol. The number of hydrogen-bond donors (Lipinski definition) is 2. The van der Waals surface area contributed by atoms with Crippen LogP contribution in [0.1, 0.15) is 33.1 Å². The summed E-state index contributed by atoms with van der Waals surface area (Å²) >= 11 is 0. The van der Waals surface area contributed by atoms with E-state index in [1.54, 1.807) is 7.11 Å². The molecule has 0 aromatic heterocycles. The molecule has 3 amide bonds. The van der Waals surface area contributed by atoms with Crippen molar-refractivity contribution in [2.75, 3.05) is 20.2 Å². The van der Waals surface area contributed by atoms with E-state index in [9.17, 15) is 9.59 Å². The summed E-state index contributed by atoms with van der Waals surface area (Å²) in [7, 11) is 1.63. The van der Waals surface area contributed by atoms with Crippen molar-refractivity contribution in [2.45, 2.75) is 19.0 Å². The lowest BCUT2D eigenvalue weighted by Gasteiger charge is -2.40. The van der Waals surface area contributed by atoms with Crippen LogP contribution in [0.4, 0.5) is 4.79 Å². The lowest BCUT2D eigenvalue weighted by Crippen LogP contribution is -2.51. The molecular weight excluding hydrogens is 330 g/mol. The summed E-state index contributed by atoms with van der Waals surface area (Å²) in [6, 6.07) is 13.2. The van der Waals surface area contributed by atoms with Crippen LogP contribution in [0.25, 0.3) is 0 Å². The highest BCUT2D eigenvalue weighted by atomic mass is 16.5. The number of benzene rings is 2. The fourth-order valence-electron chi connectivity index (χ4n) is 3.74. The quantitative estimate of drug-likeness (QED) is 0.891. The molecule has 2 aromatic carbocycles. The molecule has 2 aromatic rings. The van der Waals surface area contributed by atoms with Crippen molar-refractivity contribution >= 4 is 11.9 Å². The summed E-state index contributed by atoms with van der Waals surface area (Å²) in [6.07, 6.45) is 0.767. The molecule has 26 heavy (non-hydrogen) atoms. The Bertz CT molecular complexity index is 848. The van der Waals surface area contributed by atoms with Crippen molar-refractivity contribution in [1.29, 1.82) is 0 Å². The van der Waals surface area contributed by atoms with Gasteiger partial charge in [0, 0.05) is 25.2 Å². The van der Waals surface area contributed by atoms with E-state index >= 15 is 0 Å².